The molecular weight excluding hydrogens is 419 g/mol. The average molecular weight is 443 g/mol. The van der Waals surface area contributed by atoms with Crippen molar-refractivity contribution in [2.75, 3.05) is 13.7 Å². The number of carbonyl (C=O) groups is 1. The molecule has 3 aromatic rings. The Balaban J connectivity index is 1.53. The van der Waals surface area contributed by atoms with E-state index >= 15 is 0 Å². The second-order valence-corrected chi connectivity index (χ2v) is 8.00. The molecule has 1 heterocycles. The third-order valence-corrected chi connectivity index (χ3v) is 5.55. The summed E-state index contributed by atoms with van der Waals surface area (Å²) in [6.45, 7) is 2.39. The third kappa shape index (κ3) is 4.64. The van der Waals surface area contributed by atoms with Gasteiger partial charge in [-0.25, -0.2) is 4.68 Å². The van der Waals surface area contributed by atoms with Gasteiger partial charge in [-0.2, -0.15) is 18.3 Å². The average Bonchev–Trinajstić information content (AvgIpc) is 3.51. The fraction of sp³-hybridized carbons (Fsp3) is 0.333. The van der Waals surface area contributed by atoms with Gasteiger partial charge in [-0.3, -0.25) is 4.79 Å². The van der Waals surface area contributed by atoms with E-state index in [-0.39, 0.29) is 11.8 Å². The minimum atomic E-state index is -4.44. The van der Waals surface area contributed by atoms with Crippen LogP contribution in [0.2, 0.25) is 0 Å². The lowest BCUT2D eigenvalue weighted by Crippen LogP contribution is -2.26. The molecule has 0 aliphatic heterocycles. The van der Waals surface area contributed by atoms with Gasteiger partial charge in [0.1, 0.15) is 5.75 Å². The van der Waals surface area contributed by atoms with Gasteiger partial charge in [-0.1, -0.05) is 23.8 Å². The number of ether oxygens (including phenoxy) is 1. The summed E-state index contributed by atoms with van der Waals surface area (Å²) >= 11 is 0. The highest BCUT2D eigenvalue weighted by atomic mass is 19.4. The number of carbonyl (C=O) groups excluding carboxylic acids is 1. The van der Waals surface area contributed by atoms with Gasteiger partial charge in [0, 0.05) is 12.5 Å². The number of aryl methyl sites for hydroxylation is 1. The topological polar surface area (TPSA) is 56.1 Å². The molecule has 0 radical (unpaired) electrons. The summed E-state index contributed by atoms with van der Waals surface area (Å²) in [5.74, 6) is 0.599. The van der Waals surface area contributed by atoms with Crippen LogP contribution in [0.4, 0.5) is 13.2 Å². The SMILES string of the molecule is COc1ccc(C)cc1CCNC(=O)c1cnn(-c2cccc(C(F)(F)F)c2)c1C1CC1. The first kappa shape index (κ1) is 21.9. The Morgan fingerprint density at radius 1 is 1.22 bits per heavy atom. The molecule has 0 atom stereocenters. The maximum atomic E-state index is 13.1. The highest BCUT2D eigenvalue weighted by Crippen LogP contribution is 2.42. The van der Waals surface area contributed by atoms with Crippen molar-refractivity contribution in [3.05, 3.63) is 76.6 Å². The van der Waals surface area contributed by atoms with Gasteiger partial charge in [0.15, 0.2) is 0 Å². The van der Waals surface area contributed by atoms with Crippen molar-refractivity contribution in [2.24, 2.45) is 0 Å². The molecule has 8 heteroatoms. The normalized spacial score (nSPS) is 13.8. The van der Waals surface area contributed by atoms with Crippen molar-refractivity contribution < 1.29 is 22.7 Å². The highest BCUT2D eigenvalue weighted by molar-refractivity contribution is 5.95. The third-order valence-electron chi connectivity index (χ3n) is 5.55. The summed E-state index contributed by atoms with van der Waals surface area (Å²) in [6.07, 6.45) is -0.648. The second-order valence-electron chi connectivity index (χ2n) is 8.00. The zero-order valence-electron chi connectivity index (χ0n) is 17.9. The van der Waals surface area contributed by atoms with Crippen LogP contribution >= 0.6 is 0 Å². The monoisotopic (exact) mass is 443 g/mol. The Hall–Kier alpha value is -3.29. The van der Waals surface area contributed by atoms with Crippen LogP contribution < -0.4 is 10.1 Å². The first-order valence-electron chi connectivity index (χ1n) is 10.4. The number of hydrogen-bond acceptors (Lipinski definition) is 3. The largest absolute Gasteiger partial charge is 0.496 e. The van der Waals surface area contributed by atoms with Crippen LogP contribution in [0, 0.1) is 6.92 Å². The van der Waals surface area contributed by atoms with Crippen LogP contribution in [-0.2, 0) is 12.6 Å². The van der Waals surface area contributed by atoms with E-state index in [9.17, 15) is 18.0 Å². The fourth-order valence-corrected chi connectivity index (χ4v) is 3.81. The zero-order valence-corrected chi connectivity index (χ0v) is 17.9. The van der Waals surface area contributed by atoms with E-state index in [4.69, 9.17) is 4.74 Å². The molecule has 0 spiro atoms. The van der Waals surface area contributed by atoms with Gasteiger partial charge in [-0.05, 0) is 56.0 Å². The molecule has 1 N–H and O–H groups in total. The molecule has 0 bridgehead atoms. The summed E-state index contributed by atoms with van der Waals surface area (Å²) in [4.78, 5) is 12.9. The quantitative estimate of drug-likeness (QED) is 0.556. The van der Waals surface area contributed by atoms with Crippen molar-refractivity contribution in [1.82, 2.24) is 15.1 Å². The summed E-state index contributed by atoms with van der Waals surface area (Å²) in [5, 5.41) is 7.18. The molecule has 5 nitrogen and oxygen atoms in total. The van der Waals surface area contributed by atoms with Crippen LogP contribution in [0.3, 0.4) is 0 Å². The number of hydrogen-bond donors (Lipinski definition) is 1. The van der Waals surface area contributed by atoms with E-state index < -0.39 is 11.7 Å². The lowest BCUT2D eigenvalue weighted by atomic mass is 10.1. The molecule has 1 aromatic heterocycles. The van der Waals surface area contributed by atoms with Crippen LogP contribution in [0.15, 0.2) is 48.7 Å². The molecule has 168 valence electrons. The number of benzene rings is 2. The molecule has 2 aromatic carbocycles. The number of rotatable bonds is 7. The van der Waals surface area contributed by atoms with Gasteiger partial charge >= 0.3 is 6.18 Å². The van der Waals surface area contributed by atoms with Crippen molar-refractivity contribution in [2.45, 2.75) is 38.3 Å². The first-order valence-corrected chi connectivity index (χ1v) is 10.4. The number of amides is 1. The van der Waals surface area contributed by atoms with Crippen LogP contribution in [-0.4, -0.2) is 29.3 Å². The molecule has 1 amide bonds. The van der Waals surface area contributed by atoms with Gasteiger partial charge in [0.25, 0.3) is 5.91 Å². The van der Waals surface area contributed by atoms with Crippen LogP contribution in [0.5, 0.6) is 5.75 Å². The number of nitrogens with zero attached hydrogens (tertiary/aromatic N) is 2. The smallest absolute Gasteiger partial charge is 0.416 e. The Bertz CT molecular complexity index is 1130. The van der Waals surface area contributed by atoms with Crippen LogP contribution in [0.1, 0.15) is 51.5 Å². The summed E-state index contributed by atoms with van der Waals surface area (Å²) < 4.78 is 46.3. The van der Waals surface area contributed by atoms with Crippen LogP contribution in [0.25, 0.3) is 5.69 Å². The number of methoxy groups -OCH3 is 1. The van der Waals surface area contributed by atoms with Crippen molar-refractivity contribution in [3.63, 3.8) is 0 Å². The van der Waals surface area contributed by atoms with Gasteiger partial charge in [0.05, 0.1) is 35.8 Å². The maximum Gasteiger partial charge on any atom is 0.416 e. The molecule has 32 heavy (non-hydrogen) atoms. The Kier molecular flexibility index (Phi) is 5.95. The van der Waals surface area contributed by atoms with Gasteiger partial charge in [0.2, 0.25) is 0 Å². The predicted molar refractivity (Wildman–Crippen MR) is 114 cm³/mol. The molecule has 1 aliphatic carbocycles. The van der Waals surface area contributed by atoms with E-state index in [0.717, 1.165) is 41.9 Å². The lowest BCUT2D eigenvalue weighted by molar-refractivity contribution is -0.137. The molecular formula is C24H24F3N3O2. The Labute approximate surface area is 184 Å². The highest BCUT2D eigenvalue weighted by Gasteiger charge is 2.34. The van der Waals surface area contributed by atoms with Crippen molar-refractivity contribution >= 4 is 5.91 Å². The van der Waals surface area contributed by atoms with E-state index in [0.29, 0.717) is 29.9 Å². The first-order chi connectivity index (χ1) is 15.3. The molecule has 1 fully saturated rings. The van der Waals surface area contributed by atoms with E-state index in [1.54, 1.807) is 13.2 Å². The fourth-order valence-electron chi connectivity index (χ4n) is 3.81. The Morgan fingerprint density at radius 2 is 2.00 bits per heavy atom. The van der Waals surface area contributed by atoms with E-state index in [1.807, 2.05) is 25.1 Å². The van der Waals surface area contributed by atoms with Gasteiger partial charge in [-0.15, -0.1) is 0 Å². The summed E-state index contributed by atoms with van der Waals surface area (Å²) in [5.41, 5.74) is 2.71. The molecule has 1 saturated carbocycles. The molecule has 0 unspecified atom stereocenters. The van der Waals surface area contributed by atoms with E-state index in [2.05, 4.69) is 10.4 Å². The molecule has 0 saturated heterocycles. The maximum absolute atomic E-state index is 13.1. The lowest BCUT2D eigenvalue weighted by Gasteiger charge is -2.12. The predicted octanol–water partition coefficient (Wildman–Crippen LogP) is 5.06. The minimum Gasteiger partial charge on any atom is -0.496 e. The zero-order chi connectivity index (χ0) is 22.9. The standard InChI is InChI=1S/C24H24F3N3O2/c1-15-6-9-21(32-2)17(12-15)10-11-28-23(31)20-14-29-30(22(20)16-7-8-16)19-5-3-4-18(13-19)24(25,26)27/h3-6,9,12-14,16H,7-8,10-11H2,1-2H3,(H,28,31). The molecule has 1 aliphatic rings. The second kappa shape index (κ2) is 8.68. The van der Waals surface area contributed by atoms with E-state index in [1.165, 1.54) is 16.9 Å². The minimum absolute atomic E-state index is 0.115. The number of nitrogens with one attached hydrogen (secondary N) is 1. The summed E-state index contributed by atoms with van der Waals surface area (Å²) in [7, 11) is 1.61. The Morgan fingerprint density at radius 3 is 2.69 bits per heavy atom. The van der Waals surface area contributed by atoms with Crippen molar-refractivity contribution in [1.29, 1.82) is 0 Å². The summed E-state index contributed by atoms with van der Waals surface area (Å²) in [6, 6.07) is 10.9. The molecule has 4 rings (SSSR count). The van der Waals surface area contributed by atoms with Gasteiger partial charge < -0.3 is 10.1 Å². The number of halogens is 3. The number of alkyl halides is 3. The number of aromatic nitrogens is 2. The van der Waals surface area contributed by atoms with Crippen molar-refractivity contribution in [3.8, 4) is 11.4 Å².